The molecular weight excluding hydrogens is 248 g/mol. The smallest absolute Gasteiger partial charge is 0.0558 e. The largest absolute Gasteiger partial charge is 0.395 e. The van der Waals surface area contributed by atoms with E-state index in [-0.39, 0.29) is 6.61 Å². The minimum Gasteiger partial charge on any atom is -0.395 e. The first-order chi connectivity index (χ1) is 9.74. The molecule has 20 heavy (non-hydrogen) atoms. The van der Waals surface area contributed by atoms with Gasteiger partial charge in [0.25, 0.3) is 0 Å². The van der Waals surface area contributed by atoms with Crippen LogP contribution in [-0.2, 0) is 0 Å². The van der Waals surface area contributed by atoms with E-state index >= 15 is 0 Å². The quantitative estimate of drug-likeness (QED) is 0.755. The molecule has 2 aliphatic carbocycles. The second kappa shape index (κ2) is 8.35. The summed E-state index contributed by atoms with van der Waals surface area (Å²) in [7, 11) is 0. The minimum atomic E-state index is 0.289. The molecule has 0 aromatic rings. The van der Waals surface area contributed by atoms with Crippen molar-refractivity contribution in [1.82, 2.24) is 4.90 Å². The predicted octanol–water partition coefficient (Wildman–Crippen LogP) is 2.77. The van der Waals surface area contributed by atoms with Crippen molar-refractivity contribution in [2.45, 2.75) is 76.8 Å². The van der Waals surface area contributed by atoms with Gasteiger partial charge in [-0.2, -0.15) is 0 Å². The zero-order valence-electron chi connectivity index (χ0n) is 13.3. The van der Waals surface area contributed by atoms with Crippen molar-refractivity contribution >= 4 is 0 Å². The Labute approximate surface area is 124 Å². The van der Waals surface area contributed by atoms with Crippen LogP contribution in [0.15, 0.2) is 0 Å². The third-order valence-electron chi connectivity index (χ3n) is 5.54. The molecule has 0 heterocycles. The number of rotatable bonds is 7. The van der Waals surface area contributed by atoms with Gasteiger partial charge in [0.15, 0.2) is 0 Å². The topological polar surface area (TPSA) is 49.5 Å². The maximum Gasteiger partial charge on any atom is 0.0558 e. The van der Waals surface area contributed by atoms with Crippen LogP contribution in [0.2, 0.25) is 0 Å². The Hall–Kier alpha value is -0.120. The molecule has 2 fully saturated rings. The number of hydrogen-bond acceptors (Lipinski definition) is 3. The highest BCUT2D eigenvalue weighted by molar-refractivity contribution is 4.87. The second-order valence-electron chi connectivity index (χ2n) is 7.05. The van der Waals surface area contributed by atoms with E-state index in [9.17, 15) is 5.11 Å². The summed E-state index contributed by atoms with van der Waals surface area (Å²) in [6, 6.07) is 1.09. The van der Waals surface area contributed by atoms with Crippen LogP contribution in [0.5, 0.6) is 0 Å². The first-order valence-corrected chi connectivity index (χ1v) is 8.85. The maximum absolute atomic E-state index is 9.36. The fourth-order valence-electron chi connectivity index (χ4n) is 4.39. The molecule has 3 nitrogen and oxygen atoms in total. The van der Waals surface area contributed by atoms with E-state index in [1.807, 2.05) is 0 Å². The summed E-state index contributed by atoms with van der Waals surface area (Å²) in [5.41, 5.74) is 6.39. The third kappa shape index (κ3) is 4.44. The molecule has 0 amide bonds. The van der Waals surface area contributed by atoms with Crippen LogP contribution in [0.1, 0.15) is 64.7 Å². The molecule has 3 N–H and O–H groups in total. The Morgan fingerprint density at radius 3 is 2.55 bits per heavy atom. The van der Waals surface area contributed by atoms with Gasteiger partial charge in [0.05, 0.1) is 6.61 Å². The highest BCUT2D eigenvalue weighted by atomic mass is 16.3. The lowest BCUT2D eigenvalue weighted by molar-refractivity contribution is 0.0998. The van der Waals surface area contributed by atoms with Gasteiger partial charge in [-0.05, 0) is 43.9 Å². The Morgan fingerprint density at radius 2 is 1.90 bits per heavy atom. The molecule has 0 bridgehead atoms. The molecule has 2 saturated carbocycles. The minimum absolute atomic E-state index is 0.289. The molecule has 3 atom stereocenters. The van der Waals surface area contributed by atoms with Gasteiger partial charge in [0.2, 0.25) is 0 Å². The highest BCUT2D eigenvalue weighted by Crippen LogP contribution is 2.33. The maximum atomic E-state index is 9.36. The molecule has 0 radical (unpaired) electrons. The fraction of sp³-hybridized carbons (Fsp3) is 1.00. The van der Waals surface area contributed by atoms with Gasteiger partial charge in [-0.1, -0.05) is 32.6 Å². The zero-order chi connectivity index (χ0) is 14.4. The lowest BCUT2D eigenvalue weighted by Gasteiger charge is -2.39. The van der Waals surface area contributed by atoms with Gasteiger partial charge in [-0.15, -0.1) is 0 Å². The van der Waals surface area contributed by atoms with Crippen molar-refractivity contribution in [3.8, 4) is 0 Å². The van der Waals surface area contributed by atoms with Crippen LogP contribution < -0.4 is 5.73 Å². The van der Waals surface area contributed by atoms with Crippen molar-refractivity contribution in [2.24, 2.45) is 17.6 Å². The van der Waals surface area contributed by atoms with E-state index in [4.69, 9.17) is 5.73 Å². The van der Waals surface area contributed by atoms with E-state index < -0.39 is 0 Å². The van der Waals surface area contributed by atoms with Crippen molar-refractivity contribution in [3.63, 3.8) is 0 Å². The van der Waals surface area contributed by atoms with Crippen LogP contribution in [0.4, 0.5) is 0 Å². The molecule has 0 spiro atoms. The lowest BCUT2D eigenvalue weighted by atomic mass is 9.76. The van der Waals surface area contributed by atoms with Gasteiger partial charge in [-0.25, -0.2) is 0 Å². The summed E-state index contributed by atoms with van der Waals surface area (Å²) < 4.78 is 0. The number of nitrogens with two attached hydrogens (primary N) is 1. The average Bonchev–Trinajstić information content (AvgIpc) is 2.96. The summed E-state index contributed by atoms with van der Waals surface area (Å²) >= 11 is 0. The van der Waals surface area contributed by atoms with E-state index in [2.05, 4.69) is 11.8 Å². The van der Waals surface area contributed by atoms with Crippen LogP contribution >= 0.6 is 0 Å². The molecule has 0 aromatic carbocycles. The van der Waals surface area contributed by atoms with Crippen molar-refractivity contribution in [3.05, 3.63) is 0 Å². The van der Waals surface area contributed by atoms with Crippen molar-refractivity contribution in [1.29, 1.82) is 0 Å². The Balaban J connectivity index is 1.89. The first-order valence-electron chi connectivity index (χ1n) is 8.85. The normalized spacial score (nSPS) is 32.1. The average molecular weight is 282 g/mol. The molecule has 3 heteroatoms. The van der Waals surface area contributed by atoms with E-state index in [1.165, 1.54) is 57.8 Å². The highest BCUT2D eigenvalue weighted by Gasteiger charge is 2.31. The molecule has 2 rings (SSSR count). The Morgan fingerprint density at radius 1 is 1.15 bits per heavy atom. The Bertz CT molecular complexity index is 266. The van der Waals surface area contributed by atoms with Crippen LogP contribution in [0.3, 0.4) is 0 Å². The predicted molar refractivity (Wildman–Crippen MR) is 84.6 cm³/mol. The van der Waals surface area contributed by atoms with E-state index in [0.717, 1.165) is 19.0 Å². The summed E-state index contributed by atoms with van der Waals surface area (Å²) in [4.78, 5) is 2.55. The fourth-order valence-corrected chi connectivity index (χ4v) is 4.39. The third-order valence-corrected chi connectivity index (χ3v) is 5.54. The van der Waals surface area contributed by atoms with Gasteiger partial charge in [-0.3, -0.25) is 4.90 Å². The van der Waals surface area contributed by atoms with Crippen LogP contribution in [0.25, 0.3) is 0 Å². The summed E-state index contributed by atoms with van der Waals surface area (Å²) in [6.45, 7) is 4.54. The molecule has 0 aromatic heterocycles. The monoisotopic (exact) mass is 282 g/mol. The standard InChI is InChI=1S/C17H34N2O/c1-2-5-14-8-9-17(18)15(12-14)13-19(10-11-20)16-6-3-4-7-16/h14-17,20H,2-13,18H2,1H3. The van der Waals surface area contributed by atoms with Gasteiger partial charge in [0.1, 0.15) is 0 Å². The SMILES string of the molecule is CCCC1CCC(N)C(CN(CCO)C2CCCC2)C1. The van der Waals surface area contributed by atoms with Crippen LogP contribution in [-0.4, -0.2) is 41.8 Å². The van der Waals surface area contributed by atoms with Crippen molar-refractivity contribution < 1.29 is 5.11 Å². The molecule has 0 aliphatic heterocycles. The van der Waals surface area contributed by atoms with Crippen molar-refractivity contribution in [2.75, 3.05) is 19.7 Å². The van der Waals surface area contributed by atoms with E-state index in [1.54, 1.807) is 0 Å². The van der Waals surface area contributed by atoms with Crippen LogP contribution in [0, 0.1) is 11.8 Å². The number of hydrogen-bond donors (Lipinski definition) is 2. The van der Waals surface area contributed by atoms with Gasteiger partial charge < -0.3 is 10.8 Å². The van der Waals surface area contributed by atoms with Gasteiger partial charge >= 0.3 is 0 Å². The second-order valence-corrected chi connectivity index (χ2v) is 7.05. The molecule has 118 valence electrons. The lowest BCUT2D eigenvalue weighted by Crippen LogP contribution is -2.46. The first kappa shape index (κ1) is 16.3. The summed E-state index contributed by atoms with van der Waals surface area (Å²) in [6.07, 6.45) is 11.9. The summed E-state index contributed by atoms with van der Waals surface area (Å²) in [5, 5.41) is 9.36. The number of aliphatic hydroxyl groups is 1. The molecule has 0 saturated heterocycles. The number of aliphatic hydroxyl groups excluding tert-OH is 1. The molecule has 2 aliphatic rings. The van der Waals surface area contributed by atoms with E-state index in [0.29, 0.717) is 18.0 Å². The molecule has 3 unspecified atom stereocenters. The molecular formula is C17H34N2O. The zero-order valence-corrected chi connectivity index (χ0v) is 13.3. The Kier molecular flexibility index (Phi) is 6.79. The number of nitrogens with zero attached hydrogens (tertiary/aromatic N) is 1. The van der Waals surface area contributed by atoms with Gasteiger partial charge in [0, 0.05) is 25.2 Å². The summed E-state index contributed by atoms with van der Waals surface area (Å²) in [5.74, 6) is 1.54.